The highest BCUT2D eigenvalue weighted by molar-refractivity contribution is 5.73. The average Bonchev–Trinajstić information content (AvgIpc) is 2.47. The number of hydrogen-bond donors (Lipinski definition) is 1. The maximum Gasteiger partial charge on any atom is 0.256 e. The van der Waals surface area contributed by atoms with Crippen molar-refractivity contribution in [1.82, 2.24) is 14.9 Å². The lowest BCUT2D eigenvalue weighted by atomic mass is 10.1. The molecule has 3 rings (SSSR count). The number of carbonyl (C=O) groups excluding carboxylic acids is 1. The van der Waals surface area contributed by atoms with Crippen LogP contribution < -0.4 is 5.56 Å². The van der Waals surface area contributed by atoms with E-state index in [1.54, 1.807) is 23.1 Å². The van der Waals surface area contributed by atoms with Gasteiger partial charge in [0.1, 0.15) is 11.6 Å². The van der Waals surface area contributed by atoms with Gasteiger partial charge in [-0.15, -0.1) is 0 Å². The van der Waals surface area contributed by atoms with Crippen molar-refractivity contribution in [3.8, 4) is 11.4 Å². The number of benzene rings is 1. The molecule has 0 bridgehead atoms. The minimum atomic E-state index is -0.429. The molecule has 0 fully saturated rings. The smallest absolute Gasteiger partial charge is 0.256 e. The van der Waals surface area contributed by atoms with E-state index in [0.29, 0.717) is 24.2 Å². The van der Waals surface area contributed by atoms with Gasteiger partial charge in [0.25, 0.3) is 5.56 Å². The van der Waals surface area contributed by atoms with Crippen LogP contribution in [0.5, 0.6) is 0 Å². The Kier molecular flexibility index (Phi) is 3.29. The van der Waals surface area contributed by atoms with Crippen LogP contribution in [0, 0.1) is 5.82 Å². The number of hydrogen-bond acceptors (Lipinski definition) is 3. The van der Waals surface area contributed by atoms with Crippen molar-refractivity contribution in [3.63, 3.8) is 0 Å². The third kappa shape index (κ3) is 2.44. The summed E-state index contributed by atoms with van der Waals surface area (Å²) in [6.07, 6.45) is 0.500. The Bertz CT molecular complexity index is 770. The summed E-state index contributed by atoms with van der Waals surface area (Å²) in [6.45, 7) is 2.25. The monoisotopic (exact) mass is 287 g/mol. The molecule has 1 aliphatic heterocycles. The first-order chi connectivity index (χ1) is 10.1. The first-order valence-electron chi connectivity index (χ1n) is 6.68. The molecule has 2 heterocycles. The van der Waals surface area contributed by atoms with Crippen LogP contribution in [-0.2, 0) is 17.8 Å². The molecule has 0 unspecified atom stereocenters. The molecule has 0 atom stereocenters. The minimum Gasteiger partial charge on any atom is -0.338 e. The number of nitrogens with zero attached hydrogens (tertiary/aromatic N) is 2. The van der Waals surface area contributed by atoms with Crippen LogP contribution in [0.2, 0.25) is 0 Å². The lowest BCUT2D eigenvalue weighted by Gasteiger charge is -2.26. The van der Waals surface area contributed by atoms with Crippen molar-refractivity contribution < 1.29 is 9.18 Å². The summed E-state index contributed by atoms with van der Waals surface area (Å²) >= 11 is 0. The van der Waals surface area contributed by atoms with Crippen LogP contribution in [0.4, 0.5) is 4.39 Å². The number of rotatable bonds is 1. The van der Waals surface area contributed by atoms with E-state index in [2.05, 4.69) is 9.97 Å². The molecule has 5 nitrogen and oxygen atoms in total. The molecule has 21 heavy (non-hydrogen) atoms. The number of aromatic nitrogens is 2. The van der Waals surface area contributed by atoms with E-state index < -0.39 is 5.82 Å². The van der Waals surface area contributed by atoms with Gasteiger partial charge >= 0.3 is 0 Å². The molecule has 1 aromatic carbocycles. The molecular formula is C15H14FN3O2. The molecule has 0 saturated carbocycles. The quantitative estimate of drug-likeness (QED) is 0.864. The lowest BCUT2D eigenvalue weighted by molar-refractivity contribution is -0.129. The zero-order valence-corrected chi connectivity index (χ0v) is 11.5. The van der Waals surface area contributed by atoms with Crippen LogP contribution >= 0.6 is 0 Å². The summed E-state index contributed by atoms with van der Waals surface area (Å²) in [5.41, 5.74) is 1.07. The molecule has 1 aliphatic rings. The van der Waals surface area contributed by atoms with Crippen LogP contribution in [0.3, 0.4) is 0 Å². The number of aromatic amines is 1. The van der Waals surface area contributed by atoms with Gasteiger partial charge in [-0.1, -0.05) is 12.1 Å². The maximum absolute atomic E-state index is 13.8. The second-order valence-corrected chi connectivity index (χ2v) is 5.01. The highest BCUT2D eigenvalue weighted by atomic mass is 19.1. The Morgan fingerprint density at radius 1 is 1.38 bits per heavy atom. The Morgan fingerprint density at radius 3 is 2.86 bits per heavy atom. The summed E-state index contributed by atoms with van der Waals surface area (Å²) < 4.78 is 13.8. The molecule has 1 N–H and O–H groups in total. The Hall–Kier alpha value is -2.50. The molecule has 6 heteroatoms. The second kappa shape index (κ2) is 5.12. The van der Waals surface area contributed by atoms with Gasteiger partial charge in [0, 0.05) is 19.9 Å². The summed E-state index contributed by atoms with van der Waals surface area (Å²) in [6, 6.07) is 6.17. The summed E-state index contributed by atoms with van der Waals surface area (Å²) in [5.74, 6) is -0.270. The topological polar surface area (TPSA) is 66.1 Å². The van der Waals surface area contributed by atoms with Crippen molar-refractivity contribution in [3.05, 3.63) is 51.7 Å². The fourth-order valence-electron chi connectivity index (χ4n) is 2.47. The number of carbonyl (C=O) groups is 1. The molecule has 1 amide bonds. The van der Waals surface area contributed by atoms with E-state index in [0.717, 1.165) is 0 Å². The third-order valence-corrected chi connectivity index (χ3v) is 3.64. The van der Waals surface area contributed by atoms with Crippen molar-refractivity contribution >= 4 is 5.91 Å². The highest BCUT2D eigenvalue weighted by Crippen LogP contribution is 2.20. The molecule has 0 radical (unpaired) electrons. The van der Waals surface area contributed by atoms with Crippen LogP contribution in [-0.4, -0.2) is 27.3 Å². The van der Waals surface area contributed by atoms with Crippen molar-refractivity contribution in [1.29, 1.82) is 0 Å². The van der Waals surface area contributed by atoms with Crippen LogP contribution in [0.15, 0.2) is 29.1 Å². The van der Waals surface area contributed by atoms with Crippen LogP contribution in [0.1, 0.15) is 18.2 Å². The molecule has 108 valence electrons. The van der Waals surface area contributed by atoms with Crippen molar-refractivity contribution in [2.24, 2.45) is 0 Å². The predicted molar refractivity (Wildman–Crippen MR) is 75.0 cm³/mol. The van der Waals surface area contributed by atoms with E-state index in [1.165, 1.54) is 13.0 Å². The first kappa shape index (κ1) is 13.5. The van der Waals surface area contributed by atoms with Crippen LogP contribution in [0.25, 0.3) is 11.4 Å². The summed E-state index contributed by atoms with van der Waals surface area (Å²) in [7, 11) is 0. The number of amides is 1. The SMILES string of the molecule is CC(=O)N1CCc2nc(-c3ccccc3F)[nH]c(=O)c2C1. The van der Waals surface area contributed by atoms with Gasteiger partial charge in [0.15, 0.2) is 0 Å². The van der Waals surface area contributed by atoms with Gasteiger partial charge in [-0.2, -0.15) is 0 Å². The van der Waals surface area contributed by atoms with E-state index in [-0.39, 0.29) is 29.4 Å². The van der Waals surface area contributed by atoms with Gasteiger partial charge in [-0.05, 0) is 12.1 Å². The fraction of sp³-hybridized carbons (Fsp3) is 0.267. The van der Waals surface area contributed by atoms with Gasteiger partial charge in [-0.25, -0.2) is 9.37 Å². The van der Waals surface area contributed by atoms with Gasteiger partial charge in [0.05, 0.1) is 23.4 Å². The minimum absolute atomic E-state index is 0.0711. The number of nitrogens with one attached hydrogen (secondary N) is 1. The highest BCUT2D eigenvalue weighted by Gasteiger charge is 2.23. The molecule has 1 aromatic heterocycles. The second-order valence-electron chi connectivity index (χ2n) is 5.01. The van der Waals surface area contributed by atoms with E-state index >= 15 is 0 Å². The number of halogens is 1. The molecular weight excluding hydrogens is 273 g/mol. The first-order valence-corrected chi connectivity index (χ1v) is 6.68. The Labute approximate surface area is 120 Å². The summed E-state index contributed by atoms with van der Waals surface area (Å²) in [4.78, 5) is 32.2. The molecule has 0 spiro atoms. The van der Waals surface area contributed by atoms with Gasteiger partial charge in [0.2, 0.25) is 5.91 Å². The standard InChI is InChI=1S/C15H14FN3O2/c1-9(20)19-7-6-13-11(8-19)15(21)18-14(17-13)10-4-2-3-5-12(10)16/h2-5H,6-8H2,1H3,(H,17,18,21). The fourth-order valence-corrected chi connectivity index (χ4v) is 2.47. The number of fused-ring (bicyclic) bond motifs is 1. The number of H-pyrrole nitrogens is 1. The van der Waals surface area contributed by atoms with Crippen molar-refractivity contribution in [2.45, 2.75) is 19.9 Å². The van der Waals surface area contributed by atoms with E-state index in [4.69, 9.17) is 0 Å². The van der Waals surface area contributed by atoms with Gasteiger partial charge in [-0.3, -0.25) is 9.59 Å². The largest absolute Gasteiger partial charge is 0.338 e. The maximum atomic E-state index is 13.8. The molecule has 0 aliphatic carbocycles. The van der Waals surface area contributed by atoms with E-state index in [9.17, 15) is 14.0 Å². The van der Waals surface area contributed by atoms with E-state index in [1.807, 2.05) is 0 Å². The third-order valence-electron chi connectivity index (χ3n) is 3.64. The lowest BCUT2D eigenvalue weighted by Crippen LogP contribution is -2.38. The van der Waals surface area contributed by atoms with Crippen molar-refractivity contribution in [2.75, 3.05) is 6.54 Å². The normalized spacial score (nSPS) is 13.9. The predicted octanol–water partition coefficient (Wildman–Crippen LogP) is 1.48. The Morgan fingerprint density at radius 2 is 2.14 bits per heavy atom. The average molecular weight is 287 g/mol. The molecule has 0 saturated heterocycles. The van der Waals surface area contributed by atoms with Gasteiger partial charge < -0.3 is 9.88 Å². The zero-order chi connectivity index (χ0) is 15.0. The zero-order valence-electron chi connectivity index (χ0n) is 11.5. The Balaban J connectivity index is 2.06. The molecule has 2 aromatic rings. The summed E-state index contributed by atoms with van der Waals surface area (Å²) in [5, 5.41) is 0.